The molecule has 1 aromatic rings. The van der Waals surface area contributed by atoms with E-state index >= 15 is 0 Å². The minimum atomic E-state index is -0.0103. The second-order valence-corrected chi connectivity index (χ2v) is 7.06. The summed E-state index contributed by atoms with van der Waals surface area (Å²) < 4.78 is 5.11. The van der Waals surface area contributed by atoms with Crippen LogP contribution in [-0.2, 0) is 4.79 Å². The first-order valence-corrected chi connectivity index (χ1v) is 8.95. The van der Waals surface area contributed by atoms with E-state index in [0.29, 0.717) is 31.7 Å². The highest BCUT2D eigenvalue weighted by Gasteiger charge is 2.27. The maximum atomic E-state index is 12.5. The number of carbonyl (C=O) groups excluding carboxylic acids is 2. The summed E-state index contributed by atoms with van der Waals surface area (Å²) in [6.45, 7) is 6.39. The molecule has 1 saturated heterocycles. The number of ether oxygens (including phenoxy) is 1. The van der Waals surface area contributed by atoms with Gasteiger partial charge in [-0.15, -0.1) is 11.8 Å². The van der Waals surface area contributed by atoms with E-state index in [-0.39, 0.29) is 17.1 Å². The highest BCUT2D eigenvalue weighted by atomic mass is 32.2. The first-order chi connectivity index (χ1) is 11.1. The molecule has 5 nitrogen and oxygen atoms in total. The van der Waals surface area contributed by atoms with E-state index in [9.17, 15) is 9.59 Å². The van der Waals surface area contributed by atoms with E-state index in [4.69, 9.17) is 4.74 Å². The summed E-state index contributed by atoms with van der Waals surface area (Å²) >= 11 is 1.66. The van der Waals surface area contributed by atoms with Crippen molar-refractivity contribution in [2.75, 3.05) is 39.0 Å². The number of thioether (sulfide) groups is 1. The number of hydrogen-bond acceptors (Lipinski definition) is 4. The fraction of sp³-hybridized carbons (Fsp3) is 0.529. The Morgan fingerprint density at radius 3 is 2.22 bits per heavy atom. The van der Waals surface area contributed by atoms with Crippen molar-refractivity contribution in [1.29, 1.82) is 0 Å². The van der Waals surface area contributed by atoms with Gasteiger partial charge < -0.3 is 14.5 Å². The first-order valence-electron chi connectivity index (χ1n) is 7.90. The maximum absolute atomic E-state index is 12.5. The Morgan fingerprint density at radius 2 is 1.70 bits per heavy atom. The number of nitrogens with zero attached hydrogens (tertiary/aromatic N) is 2. The van der Waals surface area contributed by atoms with Crippen LogP contribution in [0.15, 0.2) is 24.3 Å². The number of amides is 2. The summed E-state index contributed by atoms with van der Waals surface area (Å²) in [4.78, 5) is 28.5. The molecule has 2 amide bonds. The van der Waals surface area contributed by atoms with E-state index in [1.807, 2.05) is 16.7 Å². The standard InChI is InChI=1S/C17H24N2O3S/c1-4-23-13(2)16(20)18-9-11-19(12-10-18)17(21)14-5-7-15(22-3)8-6-14/h5-8,13H,4,9-12H2,1-3H3. The molecule has 1 unspecified atom stereocenters. The predicted molar refractivity (Wildman–Crippen MR) is 93.1 cm³/mol. The van der Waals surface area contributed by atoms with Crippen LogP contribution >= 0.6 is 11.8 Å². The zero-order chi connectivity index (χ0) is 16.8. The molecule has 23 heavy (non-hydrogen) atoms. The van der Waals surface area contributed by atoms with Crippen LogP contribution in [0.5, 0.6) is 5.75 Å². The van der Waals surface area contributed by atoms with Crippen LogP contribution in [-0.4, -0.2) is 65.9 Å². The molecule has 0 N–H and O–H groups in total. The fourth-order valence-corrected chi connectivity index (χ4v) is 3.42. The summed E-state index contributed by atoms with van der Waals surface area (Å²) in [5.41, 5.74) is 0.653. The molecule has 2 rings (SSSR count). The van der Waals surface area contributed by atoms with Gasteiger partial charge in [0.15, 0.2) is 0 Å². The lowest BCUT2D eigenvalue weighted by Gasteiger charge is -2.36. The molecule has 0 saturated carbocycles. The van der Waals surface area contributed by atoms with E-state index in [1.54, 1.807) is 43.1 Å². The fourth-order valence-electron chi connectivity index (χ4n) is 2.62. The second kappa shape index (κ2) is 8.24. The van der Waals surface area contributed by atoms with Gasteiger partial charge in [0.1, 0.15) is 5.75 Å². The summed E-state index contributed by atoms with van der Waals surface area (Å²) in [7, 11) is 1.60. The molecule has 0 radical (unpaired) electrons. The van der Waals surface area contributed by atoms with Gasteiger partial charge in [0, 0.05) is 31.7 Å². The van der Waals surface area contributed by atoms with Gasteiger partial charge in [0.05, 0.1) is 12.4 Å². The van der Waals surface area contributed by atoms with Crippen LogP contribution in [0, 0.1) is 0 Å². The van der Waals surface area contributed by atoms with Crippen LogP contribution in [0.2, 0.25) is 0 Å². The van der Waals surface area contributed by atoms with Crippen molar-refractivity contribution in [3.05, 3.63) is 29.8 Å². The van der Waals surface area contributed by atoms with Crippen molar-refractivity contribution < 1.29 is 14.3 Å². The van der Waals surface area contributed by atoms with Gasteiger partial charge in [-0.2, -0.15) is 0 Å². The van der Waals surface area contributed by atoms with Gasteiger partial charge >= 0.3 is 0 Å². The molecule has 0 aromatic heterocycles. The van der Waals surface area contributed by atoms with E-state index in [2.05, 4.69) is 6.92 Å². The highest BCUT2D eigenvalue weighted by Crippen LogP contribution is 2.17. The zero-order valence-electron chi connectivity index (χ0n) is 13.9. The Morgan fingerprint density at radius 1 is 1.13 bits per heavy atom. The van der Waals surface area contributed by atoms with E-state index < -0.39 is 0 Å². The Kier molecular flexibility index (Phi) is 6.33. The molecular formula is C17H24N2O3S. The lowest BCUT2D eigenvalue weighted by atomic mass is 10.1. The van der Waals surface area contributed by atoms with Crippen molar-refractivity contribution in [3.8, 4) is 5.75 Å². The molecule has 1 aromatic carbocycles. The number of methoxy groups -OCH3 is 1. The average molecular weight is 336 g/mol. The van der Waals surface area contributed by atoms with Crippen LogP contribution < -0.4 is 4.74 Å². The third-order valence-electron chi connectivity index (χ3n) is 3.98. The summed E-state index contributed by atoms with van der Waals surface area (Å²) in [5, 5.41) is -0.0103. The number of rotatable bonds is 5. The quantitative estimate of drug-likeness (QED) is 0.826. The second-order valence-electron chi connectivity index (χ2n) is 5.44. The van der Waals surface area contributed by atoms with Gasteiger partial charge in [-0.25, -0.2) is 0 Å². The van der Waals surface area contributed by atoms with E-state index in [1.165, 1.54) is 0 Å². The summed E-state index contributed by atoms with van der Waals surface area (Å²) in [6, 6.07) is 7.13. The molecule has 1 aliphatic heterocycles. The molecule has 126 valence electrons. The van der Waals surface area contributed by atoms with E-state index in [0.717, 1.165) is 11.5 Å². The lowest BCUT2D eigenvalue weighted by molar-refractivity contribution is -0.131. The minimum Gasteiger partial charge on any atom is -0.497 e. The largest absolute Gasteiger partial charge is 0.497 e. The summed E-state index contributed by atoms with van der Waals surface area (Å²) in [6.07, 6.45) is 0. The number of carbonyl (C=O) groups is 2. The van der Waals surface area contributed by atoms with Gasteiger partial charge in [-0.1, -0.05) is 6.92 Å². The molecule has 0 spiro atoms. The molecule has 1 aliphatic rings. The van der Waals surface area contributed by atoms with Crippen molar-refractivity contribution in [3.63, 3.8) is 0 Å². The molecular weight excluding hydrogens is 312 g/mol. The lowest BCUT2D eigenvalue weighted by Crippen LogP contribution is -2.52. The smallest absolute Gasteiger partial charge is 0.253 e. The van der Waals surface area contributed by atoms with Crippen molar-refractivity contribution >= 4 is 23.6 Å². The monoisotopic (exact) mass is 336 g/mol. The van der Waals surface area contributed by atoms with Gasteiger partial charge in [-0.05, 0) is 36.9 Å². The topological polar surface area (TPSA) is 49.9 Å². The van der Waals surface area contributed by atoms with Gasteiger partial charge in [-0.3, -0.25) is 9.59 Å². The molecule has 0 bridgehead atoms. The molecule has 6 heteroatoms. The van der Waals surface area contributed by atoms with Crippen molar-refractivity contribution in [2.45, 2.75) is 19.1 Å². The van der Waals surface area contributed by atoms with Crippen molar-refractivity contribution in [1.82, 2.24) is 9.80 Å². The minimum absolute atomic E-state index is 0.00994. The average Bonchev–Trinajstić information content (AvgIpc) is 2.61. The normalized spacial score (nSPS) is 16.1. The Bertz CT molecular complexity index is 539. The summed E-state index contributed by atoms with van der Waals surface area (Å²) in [5.74, 6) is 1.85. The van der Waals surface area contributed by atoms with Crippen LogP contribution in [0.4, 0.5) is 0 Å². The highest BCUT2D eigenvalue weighted by molar-refractivity contribution is 8.00. The number of piperazine rings is 1. The van der Waals surface area contributed by atoms with Crippen molar-refractivity contribution in [2.24, 2.45) is 0 Å². The predicted octanol–water partition coefficient (Wildman–Crippen LogP) is 2.12. The Balaban J connectivity index is 1.90. The number of hydrogen-bond donors (Lipinski definition) is 0. The molecule has 0 aliphatic carbocycles. The third kappa shape index (κ3) is 4.41. The maximum Gasteiger partial charge on any atom is 0.253 e. The molecule has 1 fully saturated rings. The van der Waals surface area contributed by atoms with Crippen LogP contribution in [0.3, 0.4) is 0 Å². The van der Waals surface area contributed by atoms with Gasteiger partial charge in [0.2, 0.25) is 5.91 Å². The molecule has 1 atom stereocenters. The van der Waals surface area contributed by atoms with Crippen LogP contribution in [0.25, 0.3) is 0 Å². The number of benzene rings is 1. The zero-order valence-corrected chi connectivity index (χ0v) is 14.8. The molecule has 1 heterocycles. The third-order valence-corrected chi connectivity index (χ3v) is 5.01. The van der Waals surface area contributed by atoms with Crippen LogP contribution in [0.1, 0.15) is 24.2 Å². The first kappa shape index (κ1) is 17.7. The Labute approximate surface area is 142 Å². The Hall–Kier alpha value is -1.69. The SMILES string of the molecule is CCSC(C)C(=O)N1CCN(C(=O)c2ccc(OC)cc2)CC1. The van der Waals surface area contributed by atoms with Gasteiger partial charge in [0.25, 0.3) is 5.91 Å².